The third-order valence-corrected chi connectivity index (χ3v) is 3.60. The fourth-order valence-corrected chi connectivity index (χ4v) is 2.71. The van der Waals surface area contributed by atoms with E-state index in [4.69, 9.17) is 9.31 Å². The number of carbonyl (C=O) groups excluding carboxylic acids is 1. The number of fused-ring (bicyclic) bond motifs is 1. The average molecular weight is 218 g/mol. The van der Waals surface area contributed by atoms with Gasteiger partial charge in [-0.15, -0.1) is 0 Å². The summed E-state index contributed by atoms with van der Waals surface area (Å²) in [5.74, 6) is -0.0851. The van der Waals surface area contributed by atoms with Crippen LogP contribution in [-0.2, 0) is 14.1 Å². The van der Waals surface area contributed by atoms with Gasteiger partial charge in [-0.05, 0) is 24.7 Å². The van der Waals surface area contributed by atoms with Gasteiger partial charge in [0.25, 0.3) is 5.97 Å². The summed E-state index contributed by atoms with van der Waals surface area (Å²) >= 11 is 0. The van der Waals surface area contributed by atoms with Crippen molar-refractivity contribution in [1.29, 1.82) is 0 Å². The maximum atomic E-state index is 11.8. The van der Waals surface area contributed by atoms with E-state index in [-0.39, 0.29) is 18.0 Å². The number of carbonyl (C=O) groups is 1. The molecule has 2 fully saturated rings. The van der Waals surface area contributed by atoms with Crippen LogP contribution in [0.15, 0.2) is 23.7 Å². The van der Waals surface area contributed by atoms with Crippen LogP contribution in [0.5, 0.6) is 0 Å². The summed E-state index contributed by atoms with van der Waals surface area (Å²) in [7, 11) is -0.453. The van der Waals surface area contributed by atoms with Crippen LogP contribution >= 0.6 is 0 Å². The van der Waals surface area contributed by atoms with Crippen molar-refractivity contribution in [3.8, 4) is 0 Å². The second-order valence-corrected chi connectivity index (χ2v) is 4.68. The predicted octanol–water partition coefficient (Wildman–Crippen LogP) is 2.03. The third-order valence-electron chi connectivity index (χ3n) is 3.60. The minimum atomic E-state index is -0.453. The second-order valence-electron chi connectivity index (χ2n) is 4.68. The van der Waals surface area contributed by atoms with Crippen molar-refractivity contribution < 1.29 is 14.1 Å². The first kappa shape index (κ1) is 10.1. The van der Waals surface area contributed by atoms with E-state index in [0.717, 1.165) is 37.6 Å². The molecule has 1 saturated carbocycles. The van der Waals surface area contributed by atoms with E-state index in [0.29, 0.717) is 0 Å². The summed E-state index contributed by atoms with van der Waals surface area (Å²) in [6, 6.07) is 0. The summed E-state index contributed by atoms with van der Waals surface area (Å²) in [4.78, 5) is 11.8. The smallest absolute Gasteiger partial charge is 0.505 e. The maximum Gasteiger partial charge on any atom is 0.564 e. The van der Waals surface area contributed by atoms with Crippen LogP contribution in [0.2, 0.25) is 0 Å². The zero-order chi connectivity index (χ0) is 11.0. The molecule has 0 bridgehead atoms. The van der Waals surface area contributed by atoms with Crippen LogP contribution in [-0.4, -0.2) is 19.2 Å². The SMILES string of the molecule is O=C1OB(C2=CCC=C2)O[C@H]2CCCC[C@H]12. The lowest BCUT2D eigenvalue weighted by molar-refractivity contribution is -0.152. The molecule has 0 unspecified atom stereocenters. The lowest BCUT2D eigenvalue weighted by Crippen LogP contribution is -2.48. The molecule has 0 aromatic heterocycles. The molecule has 4 heteroatoms. The van der Waals surface area contributed by atoms with Gasteiger partial charge < -0.3 is 9.31 Å². The van der Waals surface area contributed by atoms with Crippen LogP contribution in [0, 0.1) is 5.92 Å². The van der Waals surface area contributed by atoms with E-state index >= 15 is 0 Å². The van der Waals surface area contributed by atoms with Crippen molar-refractivity contribution in [3.05, 3.63) is 23.7 Å². The Morgan fingerprint density at radius 1 is 1.31 bits per heavy atom. The number of hydrogen-bond donors (Lipinski definition) is 0. The maximum absolute atomic E-state index is 11.8. The first-order valence-electron chi connectivity index (χ1n) is 6.07. The molecule has 0 aromatic rings. The van der Waals surface area contributed by atoms with Gasteiger partial charge in [0.05, 0.1) is 12.0 Å². The highest BCUT2D eigenvalue weighted by atomic mass is 16.6. The van der Waals surface area contributed by atoms with Gasteiger partial charge in [0.1, 0.15) is 0 Å². The van der Waals surface area contributed by atoms with E-state index in [1.54, 1.807) is 0 Å². The Morgan fingerprint density at radius 3 is 3.00 bits per heavy atom. The van der Waals surface area contributed by atoms with Gasteiger partial charge in [-0.1, -0.05) is 31.1 Å². The van der Waals surface area contributed by atoms with E-state index < -0.39 is 7.12 Å². The Bertz CT molecular complexity index is 361. The van der Waals surface area contributed by atoms with Crippen molar-refractivity contribution in [3.63, 3.8) is 0 Å². The number of rotatable bonds is 1. The molecule has 0 radical (unpaired) electrons. The van der Waals surface area contributed by atoms with Gasteiger partial charge in [0, 0.05) is 0 Å². The fourth-order valence-electron chi connectivity index (χ4n) is 2.71. The van der Waals surface area contributed by atoms with E-state index in [9.17, 15) is 4.79 Å². The van der Waals surface area contributed by atoms with Crippen LogP contribution in [0.1, 0.15) is 32.1 Å². The monoisotopic (exact) mass is 218 g/mol. The molecule has 1 heterocycles. The van der Waals surface area contributed by atoms with E-state index in [2.05, 4.69) is 12.2 Å². The molecule has 2 atom stereocenters. The molecule has 0 amide bonds. The zero-order valence-corrected chi connectivity index (χ0v) is 9.22. The number of allylic oxidation sites excluding steroid dienone is 4. The van der Waals surface area contributed by atoms with Gasteiger partial charge in [-0.25, -0.2) is 0 Å². The Balaban J connectivity index is 1.75. The third kappa shape index (κ3) is 1.71. The first-order chi connectivity index (χ1) is 7.84. The van der Waals surface area contributed by atoms with Gasteiger partial charge in [0.15, 0.2) is 0 Å². The molecule has 16 heavy (non-hydrogen) atoms. The Hall–Kier alpha value is -1.03. The highest BCUT2D eigenvalue weighted by Gasteiger charge is 2.44. The normalized spacial score (nSPS) is 33.4. The second kappa shape index (κ2) is 4.09. The average Bonchev–Trinajstić information content (AvgIpc) is 2.82. The highest BCUT2D eigenvalue weighted by Crippen LogP contribution is 2.33. The molecule has 0 spiro atoms. The van der Waals surface area contributed by atoms with Crippen molar-refractivity contribution in [2.24, 2.45) is 5.92 Å². The van der Waals surface area contributed by atoms with Gasteiger partial charge in [-0.3, -0.25) is 4.79 Å². The predicted molar refractivity (Wildman–Crippen MR) is 60.5 cm³/mol. The zero-order valence-electron chi connectivity index (χ0n) is 9.22. The molecule has 3 rings (SSSR count). The summed E-state index contributed by atoms with van der Waals surface area (Å²) in [5, 5.41) is 0. The topological polar surface area (TPSA) is 35.5 Å². The van der Waals surface area contributed by atoms with Crippen LogP contribution < -0.4 is 0 Å². The molecule has 84 valence electrons. The standard InChI is InChI=1S/C12H15BO3/c14-12-10-7-3-4-8-11(10)15-13(16-12)9-5-1-2-6-9/h1,5-6,10-11H,2-4,7-8H2/t10-,11-/m0/s1. The van der Waals surface area contributed by atoms with Gasteiger partial charge in [0.2, 0.25) is 0 Å². The van der Waals surface area contributed by atoms with Crippen molar-refractivity contribution in [2.75, 3.05) is 0 Å². The molecular formula is C12H15BO3. The lowest BCUT2D eigenvalue weighted by Gasteiger charge is -2.36. The molecule has 1 saturated heterocycles. The largest absolute Gasteiger partial charge is 0.564 e. The van der Waals surface area contributed by atoms with Crippen LogP contribution in [0.3, 0.4) is 0 Å². The minimum Gasteiger partial charge on any atom is -0.505 e. The molecule has 2 aliphatic carbocycles. The summed E-state index contributed by atoms with van der Waals surface area (Å²) in [5.41, 5.74) is 0.998. The van der Waals surface area contributed by atoms with E-state index in [1.165, 1.54) is 0 Å². The lowest BCUT2D eigenvalue weighted by atomic mass is 9.74. The van der Waals surface area contributed by atoms with E-state index in [1.807, 2.05) is 6.08 Å². The quantitative estimate of drug-likeness (QED) is 0.631. The molecule has 3 nitrogen and oxygen atoms in total. The highest BCUT2D eigenvalue weighted by molar-refractivity contribution is 6.57. The van der Waals surface area contributed by atoms with Crippen molar-refractivity contribution >= 4 is 13.1 Å². The first-order valence-corrected chi connectivity index (χ1v) is 6.07. The summed E-state index contributed by atoms with van der Waals surface area (Å²) < 4.78 is 11.2. The van der Waals surface area contributed by atoms with Crippen LogP contribution in [0.25, 0.3) is 0 Å². The molecule has 0 aromatic carbocycles. The Morgan fingerprint density at radius 2 is 2.19 bits per heavy atom. The number of hydrogen-bond acceptors (Lipinski definition) is 3. The molecule has 1 aliphatic heterocycles. The summed E-state index contributed by atoms with van der Waals surface area (Å²) in [6.45, 7) is 0. The Kier molecular flexibility index (Phi) is 2.60. The minimum absolute atomic E-state index is 0.0176. The Labute approximate surface area is 95.6 Å². The van der Waals surface area contributed by atoms with Gasteiger partial charge >= 0.3 is 7.12 Å². The van der Waals surface area contributed by atoms with Crippen molar-refractivity contribution in [1.82, 2.24) is 0 Å². The fraction of sp³-hybridized carbons (Fsp3) is 0.583. The molecular weight excluding hydrogens is 203 g/mol. The summed E-state index contributed by atoms with van der Waals surface area (Å²) in [6.07, 6.45) is 11.3. The van der Waals surface area contributed by atoms with Crippen LogP contribution in [0.4, 0.5) is 0 Å². The molecule has 0 N–H and O–H groups in total. The van der Waals surface area contributed by atoms with Gasteiger partial charge in [-0.2, -0.15) is 0 Å². The van der Waals surface area contributed by atoms with Crippen molar-refractivity contribution in [2.45, 2.75) is 38.2 Å². The molecule has 3 aliphatic rings.